The van der Waals surface area contributed by atoms with E-state index in [1.165, 1.54) is 17.4 Å². The molecule has 126 valence electrons. The highest BCUT2D eigenvalue weighted by molar-refractivity contribution is 7.14. The SMILES string of the molecule is O=C(Nc1nc(-c2ccc3c(c2)OCO3)cs1)c1cc(Cl)ccc1Cl. The van der Waals surface area contributed by atoms with Gasteiger partial charge in [-0.1, -0.05) is 23.2 Å². The monoisotopic (exact) mass is 392 g/mol. The van der Waals surface area contributed by atoms with E-state index in [0.717, 1.165) is 11.3 Å². The first-order valence-electron chi connectivity index (χ1n) is 7.22. The second kappa shape index (κ2) is 6.55. The minimum absolute atomic E-state index is 0.220. The molecule has 0 saturated heterocycles. The summed E-state index contributed by atoms with van der Waals surface area (Å²) in [6, 6.07) is 10.3. The minimum Gasteiger partial charge on any atom is -0.454 e. The van der Waals surface area contributed by atoms with Gasteiger partial charge in [0.2, 0.25) is 6.79 Å². The third-order valence-corrected chi connectivity index (χ3v) is 4.89. The molecule has 1 N–H and O–H groups in total. The Labute approximate surface area is 157 Å². The molecule has 0 spiro atoms. The fourth-order valence-electron chi connectivity index (χ4n) is 2.36. The average molecular weight is 393 g/mol. The highest BCUT2D eigenvalue weighted by Crippen LogP contribution is 2.36. The number of nitrogens with zero attached hydrogens (tertiary/aromatic N) is 1. The Bertz CT molecular complexity index is 974. The van der Waals surface area contributed by atoms with Crippen LogP contribution < -0.4 is 14.8 Å². The minimum atomic E-state index is -0.362. The molecule has 4 rings (SSSR count). The molecule has 1 aliphatic heterocycles. The molecule has 0 aliphatic carbocycles. The lowest BCUT2D eigenvalue weighted by atomic mass is 10.1. The molecular formula is C17H10Cl2N2O3S. The van der Waals surface area contributed by atoms with Crippen molar-refractivity contribution in [3.63, 3.8) is 0 Å². The summed E-state index contributed by atoms with van der Waals surface area (Å²) in [5.74, 6) is 1.03. The second-order valence-corrected chi connectivity index (χ2v) is 6.89. The van der Waals surface area contributed by atoms with Crippen molar-refractivity contribution in [3.05, 3.63) is 57.4 Å². The smallest absolute Gasteiger partial charge is 0.259 e. The van der Waals surface area contributed by atoms with Gasteiger partial charge in [0.15, 0.2) is 16.6 Å². The predicted molar refractivity (Wildman–Crippen MR) is 98.1 cm³/mol. The van der Waals surface area contributed by atoms with Crippen LogP contribution in [0.15, 0.2) is 41.8 Å². The van der Waals surface area contributed by atoms with Crippen molar-refractivity contribution in [2.24, 2.45) is 0 Å². The van der Waals surface area contributed by atoms with Gasteiger partial charge < -0.3 is 9.47 Å². The number of carbonyl (C=O) groups is 1. The van der Waals surface area contributed by atoms with Crippen LogP contribution in [0.5, 0.6) is 11.5 Å². The molecule has 2 heterocycles. The van der Waals surface area contributed by atoms with Gasteiger partial charge in [-0.15, -0.1) is 11.3 Å². The third-order valence-electron chi connectivity index (χ3n) is 3.57. The Morgan fingerprint density at radius 1 is 1.12 bits per heavy atom. The maximum atomic E-state index is 12.4. The third kappa shape index (κ3) is 3.28. The molecule has 1 aromatic heterocycles. The highest BCUT2D eigenvalue weighted by Gasteiger charge is 2.16. The first kappa shape index (κ1) is 16.2. The zero-order valence-electron chi connectivity index (χ0n) is 12.6. The summed E-state index contributed by atoms with van der Waals surface area (Å²) in [6.07, 6.45) is 0. The van der Waals surface area contributed by atoms with Gasteiger partial charge in [0, 0.05) is 16.0 Å². The number of amides is 1. The van der Waals surface area contributed by atoms with Gasteiger partial charge in [-0.05, 0) is 36.4 Å². The number of ether oxygens (including phenoxy) is 2. The van der Waals surface area contributed by atoms with Crippen LogP contribution in [0.1, 0.15) is 10.4 Å². The average Bonchev–Trinajstić information content (AvgIpc) is 3.25. The predicted octanol–water partition coefficient (Wildman–Crippen LogP) is 5.10. The summed E-state index contributed by atoms with van der Waals surface area (Å²) < 4.78 is 10.7. The van der Waals surface area contributed by atoms with Crippen molar-refractivity contribution in [2.75, 3.05) is 12.1 Å². The van der Waals surface area contributed by atoms with E-state index < -0.39 is 0 Å². The van der Waals surface area contributed by atoms with Crippen LogP contribution >= 0.6 is 34.5 Å². The number of hydrogen-bond acceptors (Lipinski definition) is 5. The van der Waals surface area contributed by atoms with Crippen molar-refractivity contribution in [2.45, 2.75) is 0 Å². The number of fused-ring (bicyclic) bond motifs is 1. The summed E-state index contributed by atoms with van der Waals surface area (Å²) in [6.45, 7) is 0.220. The lowest BCUT2D eigenvalue weighted by Gasteiger charge is -2.04. The van der Waals surface area contributed by atoms with Gasteiger partial charge in [-0.3, -0.25) is 10.1 Å². The van der Waals surface area contributed by atoms with Crippen molar-refractivity contribution < 1.29 is 14.3 Å². The molecule has 3 aromatic rings. The topological polar surface area (TPSA) is 60.5 Å². The second-order valence-electron chi connectivity index (χ2n) is 5.18. The molecule has 0 atom stereocenters. The summed E-state index contributed by atoms with van der Waals surface area (Å²) in [7, 11) is 0. The van der Waals surface area contributed by atoms with E-state index in [4.69, 9.17) is 32.7 Å². The molecule has 0 radical (unpaired) electrons. The largest absolute Gasteiger partial charge is 0.454 e. The van der Waals surface area contributed by atoms with Gasteiger partial charge >= 0.3 is 0 Å². The Morgan fingerprint density at radius 2 is 1.96 bits per heavy atom. The molecule has 0 unspecified atom stereocenters. The molecule has 1 aliphatic rings. The van der Waals surface area contributed by atoms with Crippen LogP contribution in [-0.4, -0.2) is 17.7 Å². The molecule has 8 heteroatoms. The standard InChI is InChI=1S/C17H10Cl2N2O3S/c18-10-2-3-12(19)11(6-10)16(22)21-17-20-13(7-25-17)9-1-4-14-15(5-9)24-8-23-14/h1-7H,8H2,(H,20,21,22). The van der Waals surface area contributed by atoms with Gasteiger partial charge in [0.25, 0.3) is 5.91 Å². The van der Waals surface area contributed by atoms with Crippen LogP contribution in [0.4, 0.5) is 5.13 Å². The number of benzene rings is 2. The summed E-state index contributed by atoms with van der Waals surface area (Å²) in [5, 5.41) is 5.83. The Hall–Kier alpha value is -2.28. The van der Waals surface area contributed by atoms with E-state index in [9.17, 15) is 4.79 Å². The molecule has 1 amide bonds. The Kier molecular flexibility index (Phi) is 4.25. The molecule has 0 saturated carbocycles. The molecule has 0 fully saturated rings. The van der Waals surface area contributed by atoms with Crippen molar-refractivity contribution in [1.82, 2.24) is 4.98 Å². The van der Waals surface area contributed by atoms with Crippen LogP contribution in [0, 0.1) is 0 Å². The van der Waals surface area contributed by atoms with Crippen LogP contribution in [0.25, 0.3) is 11.3 Å². The van der Waals surface area contributed by atoms with Gasteiger partial charge in [-0.25, -0.2) is 4.98 Å². The van der Waals surface area contributed by atoms with Gasteiger partial charge in [-0.2, -0.15) is 0 Å². The van der Waals surface area contributed by atoms with E-state index >= 15 is 0 Å². The van der Waals surface area contributed by atoms with E-state index in [1.54, 1.807) is 12.1 Å². The van der Waals surface area contributed by atoms with Crippen LogP contribution in [0.2, 0.25) is 10.0 Å². The van der Waals surface area contributed by atoms with Crippen molar-refractivity contribution >= 4 is 45.6 Å². The first-order chi connectivity index (χ1) is 12.1. The lowest BCUT2D eigenvalue weighted by molar-refractivity contribution is 0.102. The number of hydrogen-bond donors (Lipinski definition) is 1. The number of anilines is 1. The highest BCUT2D eigenvalue weighted by atomic mass is 35.5. The molecule has 5 nitrogen and oxygen atoms in total. The fraction of sp³-hybridized carbons (Fsp3) is 0.0588. The van der Waals surface area contributed by atoms with E-state index in [-0.39, 0.29) is 12.7 Å². The summed E-state index contributed by atoms with van der Waals surface area (Å²) in [5.41, 5.74) is 1.91. The first-order valence-corrected chi connectivity index (χ1v) is 8.86. The van der Waals surface area contributed by atoms with E-state index in [2.05, 4.69) is 10.3 Å². The fourth-order valence-corrected chi connectivity index (χ4v) is 3.45. The molecule has 25 heavy (non-hydrogen) atoms. The Morgan fingerprint density at radius 3 is 2.84 bits per heavy atom. The maximum absolute atomic E-state index is 12.4. The number of aromatic nitrogens is 1. The van der Waals surface area contributed by atoms with Gasteiger partial charge in [0.05, 0.1) is 16.3 Å². The van der Waals surface area contributed by atoms with Crippen LogP contribution in [-0.2, 0) is 0 Å². The number of halogens is 2. The van der Waals surface area contributed by atoms with Crippen molar-refractivity contribution in [1.29, 1.82) is 0 Å². The number of carbonyl (C=O) groups excluding carboxylic acids is 1. The molecule has 0 bridgehead atoms. The molecule has 2 aromatic carbocycles. The zero-order valence-corrected chi connectivity index (χ0v) is 14.9. The number of rotatable bonds is 3. The quantitative estimate of drug-likeness (QED) is 0.673. The van der Waals surface area contributed by atoms with Gasteiger partial charge in [0.1, 0.15) is 0 Å². The zero-order chi connectivity index (χ0) is 17.4. The normalized spacial score (nSPS) is 12.2. The van der Waals surface area contributed by atoms with E-state index in [1.807, 2.05) is 23.6 Å². The van der Waals surface area contributed by atoms with E-state index in [0.29, 0.717) is 32.2 Å². The lowest BCUT2D eigenvalue weighted by Crippen LogP contribution is -2.12. The summed E-state index contributed by atoms with van der Waals surface area (Å²) >= 11 is 13.3. The van der Waals surface area contributed by atoms with Crippen LogP contribution in [0.3, 0.4) is 0 Å². The Balaban J connectivity index is 1.55. The number of thiazole rings is 1. The molecular weight excluding hydrogens is 383 g/mol. The maximum Gasteiger partial charge on any atom is 0.259 e. The van der Waals surface area contributed by atoms with Crippen molar-refractivity contribution in [3.8, 4) is 22.8 Å². The number of nitrogens with one attached hydrogen (secondary N) is 1. The summed E-state index contributed by atoms with van der Waals surface area (Å²) in [4.78, 5) is 16.8.